The molecule has 0 bridgehead atoms. The van der Waals surface area contributed by atoms with Crippen LogP contribution in [0.1, 0.15) is 66.2 Å². The van der Waals surface area contributed by atoms with Gasteiger partial charge >= 0.3 is 0 Å². The van der Waals surface area contributed by atoms with Gasteiger partial charge in [-0.15, -0.1) is 0 Å². The smallest absolute Gasteiger partial charge is 0.0473 e. The molecule has 0 aliphatic carbocycles. The van der Waals surface area contributed by atoms with Gasteiger partial charge in [0.15, 0.2) is 0 Å². The van der Waals surface area contributed by atoms with Crippen molar-refractivity contribution in [1.82, 2.24) is 0 Å². The summed E-state index contributed by atoms with van der Waals surface area (Å²) in [5, 5.41) is 0. The second-order valence-electron chi connectivity index (χ2n) is 4.12. The maximum absolute atomic E-state index is 3.72. The summed E-state index contributed by atoms with van der Waals surface area (Å²) in [6.07, 6.45) is 7.92. The minimum Gasteiger partial charge on any atom is -0.343 e. The van der Waals surface area contributed by atoms with Crippen molar-refractivity contribution in [3.63, 3.8) is 0 Å². The van der Waals surface area contributed by atoms with Gasteiger partial charge in [-0.25, -0.2) is 0 Å². The molecule has 0 fully saturated rings. The zero-order valence-electron chi connectivity index (χ0n) is 12.1. The van der Waals surface area contributed by atoms with Crippen LogP contribution < -0.4 is 0 Å². The molecule has 0 rings (SSSR count). The molecule has 0 aromatic heterocycles. The van der Waals surface area contributed by atoms with Crippen LogP contribution in [0.5, 0.6) is 0 Å². The molecule has 96 valence electrons. The maximum Gasteiger partial charge on any atom is 0.0473 e. The van der Waals surface area contributed by atoms with E-state index in [1.165, 1.54) is 44.2 Å². The van der Waals surface area contributed by atoms with Crippen LogP contribution in [0.2, 0.25) is 18.1 Å². The average Bonchev–Trinajstić information content (AvgIpc) is 2.29. The van der Waals surface area contributed by atoms with Crippen LogP contribution in [-0.4, -0.2) is 8.80 Å². The van der Waals surface area contributed by atoms with Crippen molar-refractivity contribution >= 4 is 8.80 Å². The monoisotopic (exact) mass is 317 g/mol. The van der Waals surface area contributed by atoms with E-state index >= 15 is 0 Å². The Labute approximate surface area is 132 Å². The Kier molecular flexibility index (Phi) is 30.4. The van der Waals surface area contributed by atoms with Crippen molar-refractivity contribution in [3.8, 4) is 0 Å². The normalized spacial score (nSPS) is 9.38. The minimum atomic E-state index is 0. The summed E-state index contributed by atoms with van der Waals surface area (Å²) in [4.78, 5) is 0. The molecule has 0 aliphatic rings. The molecule has 0 saturated heterocycles. The molecule has 0 nitrogen and oxygen atoms in total. The zero-order valence-corrected chi connectivity index (χ0v) is 16.0. The Morgan fingerprint density at radius 2 is 1.31 bits per heavy atom. The summed E-state index contributed by atoms with van der Waals surface area (Å²) in [6, 6.07) is 4.50. The van der Waals surface area contributed by atoms with E-state index in [-0.39, 0.29) is 41.5 Å². The third-order valence-electron chi connectivity index (χ3n) is 2.74. The van der Waals surface area contributed by atoms with Crippen molar-refractivity contribution < 1.29 is 32.7 Å². The van der Waals surface area contributed by atoms with E-state index in [4.69, 9.17) is 0 Å². The molecule has 0 unspecified atom stereocenters. The first-order chi connectivity index (χ1) is 7.26. The third-order valence-corrected chi connectivity index (χ3v) is 5.80. The summed E-state index contributed by atoms with van der Waals surface area (Å²) in [5.41, 5.74) is 0. The first-order valence-corrected chi connectivity index (χ1v) is 9.01. The van der Waals surface area contributed by atoms with E-state index in [1.54, 1.807) is 6.04 Å². The Balaban J connectivity index is -0.000000214. The van der Waals surface area contributed by atoms with Crippen LogP contribution >= 0.6 is 0 Å². The van der Waals surface area contributed by atoms with E-state index in [2.05, 4.69) is 34.6 Å². The molecule has 2 heteroatoms. The second-order valence-corrected chi connectivity index (χ2v) is 7.54. The van der Waals surface area contributed by atoms with E-state index in [9.17, 15) is 0 Å². The number of unbranched alkanes of at least 4 members (excludes halogenated alkanes) is 4. The van der Waals surface area contributed by atoms with E-state index in [1.807, 2.05) is 0 Å². The predicted octanol–water partition coefficient (Wildman–Crippen LogP) is 5.72. The van der Waals surface area contributed by atoms with Gasteiger partial charge in [0, 0.05) is 41.5 Å². The molecule has 0 aromatic rings. The topological polar surface area (TPSA) is 0 Å². The second kappa shape index (κ2) is 21.6. The predicted molar refractivity (Wildman–Crippen MR) is 75.9 cm³/mol. The van der Waals surface area contributed by atoms with Gasteiger partial charge in [-0.05, 0) is 0 Å². The van der Waals surface area contributed by atoms with Gasteiger partial charge in [0.05, 0.1) is 0 Å². The first-order valence-electron chi connectivity index (χ1n) is 6.89. The van der Waals surface area contributed by atoms with E-state index in [0.717, 1.165) is 6.42 Å². The fourth-order valence-electron chi connectivity index (χ4n) is 1.46. The van der Waals surface area contributed by atoms with Crippen molar-refractivity contribution in [2.45, 2.75) is 84.4 Å². The van der Waals surface area contributed by atoms with Gasteiger partial charge in [-0.2, -0.15) is 6.42 Å². The van der Waals surface area contributed by atoms with Gasteiger partial charge < -0.3 is 6.92 Å². The Bertz CT molecular complexity index is 88.7. The number of hydrogen-bond acceptors (Lipinski definition) is 0. The quantitative estimate of drug-likeness (QED) is 0.305. The molecule has 0 saturated carbocycles. The fourth-order valence-corrected chi connectivity index (χ4v) is 3.52. The van der Waals surface area contributed by atoms with Gasteiger partial charge in [0.25, 0.3) is 0 Å². The zero-order chi connectivity index (χ0) is 11.9. The Morgan fingerprint density at radius 3 is 1.56 bits per heavy atom. The van der Waals surface area contributed by atoms with Crippen LogP contribution in [0.3, 0.4) is 0 Å². The Morgan fingerprint density at radius 1 is 0.812 bits per heavy atom. The summed E-state index contributed by atoms with van der Waals surface area (Å²) < 4.78 is 0. The van der Waals surface area contributed by atoms with E-state index < -0.39 is 0 Å². The first kappa shape index (κ1) is 22.5. The van der Waals surface area contributed by atoms with Crippen molar-refractivity contribution in [1.29, 1.82) is 0 Å². The van der Waals surface area contributed by atoms with Crippen LogP contribution in [0.4, 0.5) is 0 Å². The summed E-state index contributed by atoms with van der Waals surface area (Å²) in [6.45, 7) is 12.9. The fraction of sp³-hybridized carbons (Fsp3) is 0.929. The van der Waals surface area contributed by atoms with Crippen molar-refractivity contribution in [3.05, 3.63) is 6.92 Å². The van der Waals surface area contributed by atoms with Crippen LogP contribution in [0, 0.1) is 6.92 Å². The molecular weight excluding hydrogens is 285 g/mol. The summed E-state index contributed by atoms with van der Waals surface area (Å²) in [5.74, 6) is 0. The number of hydrogen-bond donors (Lipinski definition) is 0. The molecule has 0 N–H and O–H groups in total. The molecule has 2 radical (unpaired) electrons. The summed E-state index contributed by atoms with van der Waals surface area (Å²) in [7, 11) is 0.114. The molecule has 0 amide bonds. The minimum absolute atomic E-state index is 0. The third kappa shape index (κ3) is 20.7. The van der Waals surface area contributed by atoms with Crippen LogP contribution in [-0.2, 0) is 32.7 Å². The number of rotatable bonds is 8. The van der Waals surface area contributed by atoms with Crippen molar-refractivity contribution in [2.75, 3.05) is 0 Å². The van der Waals surface area contributed by atoms with Crippen LogP contribution in [0.25, 0.3) is 0 Å². The van der Waals surface area contributed by atoms with Gasteiger partial charge in [0.2, 0.25) is 0 Å². The molecule has 0 aromatic carbocycles. The average molecular weight is 317 g/mol. The molecule has 0 atom stereocenters. The SMILES string of the molecule is CCCC[Si](CC)CC.[CH2-]CCCCC.[Y]. The molecule has 0 aliphatic heterocycles. The molecule has 0 heterocycles. The molecule has 16 heavy (non-hydrogen) atoms. The maximum atomic E-state index is 3.72. The molecule has 0 spiro atoms. The van der Waals surface area contributed by atoms with E-state index in [0.29, 0.717) is 0 Å². The van der Waals surface area contributed by atoms with Gasteiger partial charge in [-0.3, -0.25) is 0 Å². The standard InChI is InChI=1S/C8H19Si.C6H13.Y/c1-4-7-8-9(5-2)6-3;1-3-5-6-4-2;/h4-8H2,1-3H3;1,3-6H2,2H3;/q;-1;. The van der Waals surface area contributed by atoms with Crippen molar-refractivity contribution in [2.24, 2.45) is 0 Å². The largest absolute Gasteiger partial charge is 0.343 e. The van der Waals surface area contributed by atoms with Crippen LogP contribution in [0.15, 0.2) is 0 Å². The summed E-state index contributed by atoms with van der Waals surface area (Å²) >= 11 is 0. The van der Waals surface area contributed by atoms with Gasteiger partial charge in [-0.1, -0.05) is 77.9 Å². The Hall–Kier alpha value is 1.32. The molecular formula is C14H32SiY-. The van der Waals surface area contributed by atoms with Gasteiger partial charge in [0.1, 0.15) is 0 Å².